The summed E-state index contributed by atoms with van der Waals surface area (Å²) in [5.74, 6) is -0.936. The fourth-order valence-corrected chi connectivity index (χ4v) is 1.97. The maximum atomic E-state index is 12.3. The summed E-state index contributed by atoms with van der Waals surface area (Å²) in [7, 11) is 0. The molecule has 0 aliphatic rings. The van der Waals surface area contributed by atoms with Gasteiger partial charge < -0.3 is 10.1 Å². The quantitative estimate of drug-likeness (QED) is 0.928. The summed E-state index contributed by atoms with van der Waals surface area (Å²) in [6.07, 6.45) is -3.24. The fraction of sp³-hybridized carbons (Fsp3) is 0.250. The van der Waals surface area contributed by atoms with Crippen molar-refractivity contribution in [1.82, 2.24) is 4.98 Å². The van der Waals surface area contributed by atoms with Crippen LogP contribution in [0.1, 0.15) is 21.5 Å². The Morgan fingerprint density at radius 2 is 2.00 bits per heavy atom. The Morgan fingerprint density at radius 1 is 1.26 bits per heavy atom. The second-order valence-electron chi connectivity index (χ2n) is 5.03. The van der Waals surface area contributed by atoms with E-state index in [9.17, 15) is 18.0 Å². The van der Waals surface area contributed by atoms with Crippen LogP contribution in [-0.2, 0) is 0 Å². The molecule has 1 aromatic heterocycles. The van der Waals surface area contributed by atoms with E-state index >= 15 is 0 Å². The molecule has 1 N–H and O–H groups in total. The molecule has 1 heterocycles. The van der Waals surface area contributed by atoms with E-state index in [0.29, 0.717) is 5.69 Å². The van der Waals surface area contributed by atoms with Crippen molar-refractivity contribution in [2.24, 2.45) is 0 Å². The average molecular weight is 324 g/mol. The molecular weight excluding hydrogens is 309 g/mol. The molecule has 0 fully saturated rings. The number of pyridine rings is 1. The molecule has 2 rings (SSSR count). The average Bonchev–Trinajstić information content (AvgIpc) is 2.47. The van der Waals surface area contributed by atoms with Gasteiger partial charge in [0.05, 0.1) is 0 Å². The van der Waals surface area contributed by atoms with Crippen LogP contribution in [0.2, 0.25) is 0 Å². The van der Waals surface area contributed by atoms with Gasteiger partial charge in [0, 0.05) is 11.9 Å². The molecule has 23 heavy (non-hydrogen) atoms. The minimum absolute atomic E-state index is 0.0586. The molecule has 0 aliphatic carbocycles. The maximum Gasteiger partial charge on any atom is 0.422 e. The number of nitrogens with one attached hydrogen (secondary N) is 1. The molecule has 0 saturated heterocycles. The van der Waals surface area contributed by atoms with Gasteiger partial charge in [0.2, 0.25) is 5.88 Å². The van der Waals surface area contributed by atoms with Crippen LogP contribution in [-0.4, -0.2) is 23.7 Å². The highest BCUT2D eigenvalue weighted by Gasteiger charge is 2.29. The first-order valence-corrected chi connectivity index (χ1v) is 6.79. The first-order chi connectivity index (χ1) is 10.8. The minimum Gasteiger partial charge on any atom is -0.467 e. The lowest BCUT2D eigenvalue weighted by atomic mass is 10.1. The van der Waals surface area contributed by atoms with Gasteiger partial charge in [-0.15, -0.1) is 0 Å². The van der Waals surface area contributed by atoms with Crippen molar-refractivity contribution < 1.29 is 22.7 Å². The number of hydrogen-bond donors (Lipinski definition) is 1. The topological polar surface area (TPSA) is 51.2 Å². The van der Waals surface area contributed by atoms with Crippen LogP contribution in [0, 0.1) is 13.8 Å². The largest absolute Gasteiger partial charge is 0.467 e. The van der Waals surface area contributed by atoms with Gasteiger partial charge in [-0.1, -0.05) is 17.7 Å². The van der Waals surface area contributed by atoms with Crippen LogP contribution in [0.4, 0.5) is 18.9 Å². The lowest BCUT2D eigenvalue weighted by Crippen LogP contribution is -2.22. The Bertz CT molecular complexity index is 715. The van der Waals surface area contributed by atoms with Crippen LogP contribution in [0.5, 0.6) is 5.88 Å². The Kier molecular flexibility index (Phi) is 4.88. The van der Waals surface area contributed by atoms with Crippen molar-refractivity contribution in [3.05, 3.63) is 53.2 Å². The lowest BCUT2D eigenvalue weighted by Gasteiger charge is -2.13. The van der Waals surface area contributed by atoms with Gasteiger partial charge in [-0.05, 0) is 37.6 Å². The third kappa shape index (κ3) is 4.70. The molecule has 0 radical (unpaired) electrons. The number of benzene rings is 1. The number of rotatable bonds is 4. The van der Waals surface area contributed by atoms with Gasteiger partial charge in [-0.3, -0.25) is 4.79 Å². The predicted octanol–water partition coefficient (Wildman–Crippen LogP) is 3.89. The molecule has 122 valence electrons. The molecule has 1 aromatic carbocycles. The van der Waals surface area contributed by atoms with Crippen molar-refractivity contribution in [3.8, 4) is 5.88 Å². The highest BCUT2D eigenvalue weighted by molar-refractivity contribution is 6.06. The number of carbonyl (C=O) groups is 1. The highest BCUT2D eigenvalue weighted by atomic mass is 19.4. The van der Waals surface area contributed by atoms with Crippen LogP contribution in [0.15, 0.2) is 36.5 Å². The second-order valence-corrected chi connectivity index (χ2v) is 5.03. The van der Waals surface area contributed by atoms with Crippen molar-refractivity contribution in [2.75, 3.05) is 11.9 Å². The van der Waals surface area contributed by atoms with E-state index in [1.54, 1.807) is 6.07 Å². The number of aromatic nitrogens is 1. The van der Waals surface area contributed by atoms with E-state index in [4.69, 9.17) is 0 Å². The van der Waals surface area contributed by atoms with Crippen LogP contribution >= 0.6 is 0 Å². The fourth-order valence-electron chi connectivity index (χ4n) is 1.97. The van der Waals surface area contributed by atoms with Crippen molar-refractivity contribution >= 4 is 11.6 Å². The van der Waals surface area contributed by atoms with Gasteiger partial charge in [-0.2, -0.15) is 13.2 Å². The number of ether oxygens (including phenoxy) is 1. The van der Waals surface area contributed by atoms with Gasteiger partial charge in [-0.25, -0.2) is 4.98 Å². The molecule has 7 heteroatoms. The van der Waals surface area contributed by atoms with Crippen LogP contribution in [0.3, 0.4) is 0 Å². The number of aryl methyl sites for hydroxylation is 2. The molecule has 0 spiro atoms. The molecule has 1 amide bonds. The smallest absolute Gasteiger partial charge is 0.422 e. The monoisotopic (exact) mass is 324 g/mol. The standard InChI is InChI=1S/C16H15F3N2O2/c1-10-5-6-13(11(2)8-10)21-14(22)12-4-3-7-20-15(12)23-9-16(17,18)19/h3-8H,9H2,1-2H3,(H,21,22). The molecule has 0 atom stereocenters. The van der Waals surface area contributed by atoms with E-state index in [1.165, 1.54) is 18.3 Å². The Morgan fingerprint density at radius 3 is 2.65 bits per heavy atom. The Balaban J connectivity index is 2.19. The van der Waals surface area contributed by atoms with Crippen molar-refractivity contribution in [1.29, 1.82) is 0 Å². The molecule has 0 unspecified atom stereocenters. The maximum absolute atomic E-state index is 12.3. The van der Waals surface area contributed by atoms with Crippen LogP contribution in [0.25, 0.3) is 0 Å². The second kappa shape index (κ2) is 6.68. The summed E-state index contributed by atoms with van der Waals surface area (Å²) in [5.41, 5.74) is 2.40. The lowest BCUT2D eigenvalue weighted by molar-refractivity contribution is -0.154. The number of nitrogens with zero attached hydrogens (tertiary/aromatic N) is 1. The van der Waals surface area contributed by atoms with E-state index in [1.807, 2.05) is 26.0 Å². The number of carbonyl (C=O) groups excluding carboxylic acids is 1. The highest BCUT2D eigenvalue weighted by Crippen LogP contribution is 2.22. The van der Waals surface area contributed by atoms with Crippen molar-refractivity contribution in [3.63, 3.8) is 0 Å². The third-order valence-corrected chi connectivity index (χ3v) is 3.02. The molecule has 0 bridgehead atoms. The van der Waals surface area contributed by atoms with Gasteiger partial charge in [0.15, 0.2) is 6.61 Å². The number of hydrogen-bond acceptors (Lipinski definition) is 3. The first-order valence-electron chi connectivity index (χ1n) is 6.79. The summed E-state index contributed by atoms with van der Waals surface area (Å²) in [6, 6.07) is 8.26. The van der Waals surface area contributed by atoms with E-state index in [-0.39, 0.29) is 11.4 Å². The zero-order valence-corrected chi connectivity index (χ0v) is 12.6. The summed E-state index contributed by atoms with van der Waals surface area (Å²) in [6.45, 7) is 2.24. The summed E-state index contributed by atoms with van der Waals surface area (Å²) < 4.78 is 41.4. The predicted molar refractivity (Wildman–Crippen MR) is 79.7 cm³/mol. The summed E-state index contributed by atoms with van der Waals surface area (Å²) >= 11 is 0. The van der Waals surface area contributed by atoms with E-state index < -0.39 is 18.7 Å². The molecule has 0 aliphatic heterocycles. The molecular formula is C16H15F3N2O2. The Hall–Kier alpha value is -2.57. The normalized spacial score (nSPS) is 11.2. The SMILES string of the molecule is Cc1ccc(NC(=O)c2cccnc2OCC(F)(F)F)c(C)c1. The zero-order valence-electron chi connectivity index (χ0n) is 12.6. The van der Waals surface area contributed by atoms with Gasteiger partial charge in [0.1, 0.15) is 5.56 Å². The number of alkyl halides is 3. The minimum atomic E-state index is -4.50. The number of halogens is 3. The van der Waals surface area contributed by atoms with Crippen molar-refractivity contribution in [2.45, 2.75) is 20.0 Å². The zero-order chi connectivity index (χ0) is 17.0. The van der Waals surface area contributed by atoms with E-state index in [2.05, 4.69) is 15.0 Å². The summed E-state index contributed by atoms with van der Waals surface area (Å²) in [4.78, 5) is 16.0. The Labute approximate surface area is 131 Å². The number of amides is 1. The number of anilines is 1. The molecule has 4 nitrogen and oxygen atoms in total. The molecule has 2 aromatic rings. The first kappa shape index (κ1) is 16.8. The van der Waals surface area contributed by atoms with Gasteiger partial charge in [0.25, 0.3) is 5.91 Å². The van der Waals surface area contributed by atoms with E-state index in [0.717, 1.165) is 11.1 Å². The van der Waals surface area contributed by atoms with Gasteiger partial charge >= 0.3 is 6.18 Å². The summed E-state index contributed by atoms with van der Waals surface area (Å²) in [5, 5.41) is 2.65. The molecule has 0 saturated carbocycles. The third-order valence-electron chi connectivity index (χ3n) is 3.02. The van der Waals surface area contributed by atoms with Crippen LogP contribution < -0.4 is 10.1 Å².